The molecular formula is C12H23BrN4. The van der Waals surface area contributed by atoms with Crippen LogP contribution in [-0.2, 0) is 13.1 Å². The molecule has 0 saturated carbocycles. The predicted molar refractivity (Wildman–Crippen MR) is 75.0 cm³/mol. The average Bonchev–Trinajstić information content (AvgIpc) is 2.57. The van der Waals surface area contributed by atoms with Crippen molar-refractivity contribution in [3.63, 3.8) is 0 Å². The molecule has 0 atom stereocenters. The summed E-state index contributed by atoms with van der Waals surface area (Å²) >= 11 is 3.55. The molecule has 0 aliphatic heterocycles. The quantitative estimate of drug-likeness (QED) is 0.836. The Kier molecular flexibility index (Phi) is 6.16. The highest BCUT2D eigenvalue weighted by atomic mass is 79.9. The average molecular weight is 303 g/mol. The number of hydrogen-bond donors (Lipinski definition) is 1. The summed E-state index contributed by atoms with van der Waals surface area (Å²) in [5.41, 5.74) is 1.23. The van der Waals surface area contributed by atoms with Gasteiger partial charge in [-0.1, -0.05) is 13.8 Å². The third-order valence-corrected chi connectivity index (χ3v) is 3.16. The van der Waals surface area contributed by atoms with Crippen LogP contribution in [0.15, 0.2) is 10.7 Å². The number of aromatic nitrogens is 2. The Balaban J connectivity index is 2.53. The number of nitrogens with zero attached hydrogens (tertiary/aromatic N) is 3. The summed E-state index contributed by atoms with van der Waals surface area (Å²) in [6.45, 7) is 8.26. The van der Waals surface area contributed by atoms with Crippen LogP contribution in [0.3, 0.4) is 0 Å². The Labute approximate surface area is 113 Å². The van der Waals surface area contributed by atoms with E-state index in [0.717, 1.165) is 30.7 Å². The van der Waals surface area contributed by atoms with Gasteiger partial charge in [0.25, 0.3) is 0 Å². The van der Waals surface area contributed by atoms with Crippen molar-refractivity contribution in [3.8, 4) is 0 Å². The molecule has 0 spiro atoms. The molecule has 1 aromatic rings. The van der Waals surface area contributed by atoms with E-state index in [2.05, 4.69) is 63.9 Å². The van der Waals surface area contributed by atoms with Gasteiger partial charge in [-0.2, -0.15) is 5.10 Å². The van der Waals surface area contributed by atoms with E-state index in [1.54, 1.807) is 0 Å². The Morgan fingerprint density at radius 3 is 2.76 bits per heavy atom. The number of likely N-dealkylation sites (N-methyl/N-ethyl adjacent to an activating group) is 1. The van der Waals surface area contributed by atoms with Crippen LogP contribution in [0.5, 0.6) is 0 Å². The molecule has 1 heterocycles. The highest BCUT2D eigenvalue weighted by molar-refractivity contribution is 9.10. The standard InChI is InChI=1S/C12H23BrN4/c1-10(2)7-14-9-12-11(13)8-15-17(12)6-5-16(3)4/h8,10,14H,5-7,9H2,1-4H3. The van der Waals surface area contributed by atoms with E-state index in [1.165, 1.54) is 5.69 Å². The molecule has 98 valence electrons. The van der Waals surface area contributed by atoms with Gasteiger partial charge >= 0.3 is 0 Å². The van der Waals surface area contributed by atoms with E-state index in [4.69, 9.17) is 0 Å². The van der Waals surface area contributed by atoms with E-state index < -0.39 is 0 Å². The largest absolute Gasteiger partial charge is 0.311 e. The molecule has 17 heavy (non-hydrogen) atoms. The summed E-state index contributed by atoms with van der Waals surface area (Å²) in [6.07, 6.45) is 1.88. The van der Waals surface area contributed by atoms with Crippen LogP contribution in [0.4, 0.5) is 0 Å². The van der Waals surface area contributed by atoms with Crippen molar-refractivity contribution < 1.29 is 0 Å². The summed E-state index contributed by atoms with van der Waals surface area (Å²) in [5, 5.41) is 7.84. The van der Waals surface area contributed by atoms with Gasteiger partial charge in [0.05, 0.1) is 22.9 Å². The van der Waals surface area contributed by atoms with Crippen LogP contribution in [0.25, 0.3) is 0 Å². The second kappa shape index (κ2) is 7.13. The summed E-state index contributed by atoms with van der Waals surface area (Å²) in [5.74, 6) is 0.673. The lowest BCUT2D eigenvalue weighted by Gasteiger charge is -2.13. The number of halogens is 1. The van der Waals surface area contributed by atoms with Crippen LogP contribution in [0.2, 0.25) is 0 Å². The maximum absolute atomic E-state index is 4.39. The minimum Gasteiger partial charge on any atom is -0.311 e. The summed E-state index contributed by atoms with van der Waals surface area (Å²) in [6, 6.07) is 0. The zero-order valence-electron chi connectivity index (χ0n) is 11.2. The molecule has 0 unspecified atom stereocenters. The maximum atomic E-state index is 4.39. The van der Waals surface area contributed by atoms with Crippen LogP contribution >= 0.6 is 15.9 Å². The second-order valence-corrected chi connectivity index (χ2v) is 5.84. The fourth-order valence-electron chi connectivity index (χ4n) is 1.53. The number of hydrogen-bond acceptors (Lipinski definition) is 3. The van der Waals surface area contributed by atoms with Gasteiger partial charge in [-0.15, -0.1) is 0 Å². The monoisotopic (exact) mass is 302 g/mol. The van der Waals surface area contributed by atoms with Gasteiger partial charge in [-0.3, -0.25) is 4.68 Å². The fourth-order valence-corrected chi connectivity index (χ4v) is 1.97. The van der Waals surface area contributed by atoms with Crippen LogP contribution < -0.4 is 5.32 Å². The van der Waals surface area contributed by atoms with E-state index in [1.807, 2.05) is 6.20 Å². The van der Waals surface area contributed by atoms with E-state index in [0.29, 0.717) is 5.92 Å². The van der Waals surface area contributed by atoms with Gasteiger partial charge < -0.3 is 10.2 Å². The molecule has 0 aliphatic rings. The van der Waals surface area contributed by atoms with Crippen molar-refractivity contribution in [3.05, 3.63) is 16.4 Å². The van der Waals surface area contributed by atoms with Crippen molar-refractivity contribution in [2.45, 2.75) is 26.9 Å². The first-order valence-electron chi connectivity index (χ1n) is 6.06. The first-order valence-corrected chi connectivity index (χ1v) is 6.85. The topological polar surface area (TPSA) is 33.1 Å². The molecule has 1 rings (SSSR count). The summed E-state index contributed by atoms with van der Waals surface area (Å²) < 4.78 is 3.16. The van der Waals surface area contributed by atoms with E-state index in [9.17, 15) is 0 Å². The van der Waals surface area contributed by atoms with Crippen molar-refractivity contribution in [1.82, 2.24) is 20.0 Å². The van der Waals surface area contributed by atoms with Gasteiger partial charge in [0.1, 0.15) is 0 Å². The highest BCUT2D eigenvalue weighted by Crippen LogP contribution is 2.15. The molecule has 0 amide bonds. The molecule has 0 bridgehead atoms. The molecule has 5 heteroatoms. The molecule has 0 fully saturated rings. The lowest BCUT2D eigenvalue weighted by molar-refractivity contribution is 0.367. The SMILES string of the molecule is CC(C)CNCc1c(Br)cnn1CCN(C)C. The molecule has 0 aromatic carbocycles. The Bertz CT molecular complexity index is 333. The first-order chi connectivity index (χ1) is 8.00. The zero-order chi connectivity index (χ0) is 12.8. The van der Waals surface area contributed by atoms with Gasteiger partial charge in [0, 0.05) is 13.1 Å². The van der Waals surface area contributed by atoms with Gasteiger partial charge in [0.2, 0.25) is 0 Å². The number of rotatable bonds is 7. The summed E-state index contributed by atoms with van der Waals surface area (Å²) in [7, 11) is 4.16. The molecule has 0 radical (unpaired) electrons. The lowest BCUT2D eigenvalue weighted by atomic mass is 10.2. The van der Waals surface area contributed by atoms with Crippen molar-refractivity contribution in [2.24, 2.45) is 5.92 Å². The van der Waals surface area contributed by atoms with Crippen molar-refractivity contribution in [1.29, 1.82) is 0 Å². The first kappa shape index (κ1) is 14.7. The van der Waals surface area contributed by atoms with Crippen molar-refractivity contribution >= 4 is 15.9 Å². The van der Waals surface area contributed by atoms with E-state index >= 15 is 0 Å². The Hall–Kier alpha value is -0.390. The van der Waals surface area contributed by atoms with Crippen molar-refractivity contribution in [2.75, 3.05) is 27.2 Å². The molecule has 4 nitrogen and oxygen atoms in total. The third kappa shape index (κ3) is 5.19. The predicted octanol–water partition coefficient (Wildman–Crippen LogP) is 1.95. The minimum atomic E-state index is 0.673. The summed E-state index contributed by atoms with van der Waals surface area (Å²) in [4.78, 5) is 2.17. The van der Waals surface area contributed by atoms with E-state index in [-0.39, 0.29) is 0 Å². The van der Waals surface area contributed by atoms with Gasteiger partial charge in [-0.05, 0) is 42.5 Å². The Morgan fingerprint density at radius 1 is 1.47 bits per heavy atom. The minimum absolute atomic E-state index is 0.673. The fraction of sp³-hybridized carbons (Fsp3) is 0.750. The maximum Gasteiger partial charge on any atom is 0.0664 e. The van der Waals surface area contributed by atoms with Crippen LogP contribution in [-0.4, -0.2) is 41.9 Å². The number of nitrogens with one attached hydrogen (secondary N) is 1. The second-order valence-electron chi connectivity index (χ2n) is 4.99. The molecule has 1 N–H and O–H groups in total. The normalized spacial score (nSPS) is 11.7. The van der Waals surface area contributed by atoms with Crippen LogP contribution in [0.1, 0.15) is 19.5 Å². The molecule has 1 aromatic heterocycles. The Morgan fingerprint density at radius 2 is 2.18 bits per heavy atom. The van der Waals surface area contributed by atoms with Gasteiger partial charge in [0.15, 0.2) is 0 Å². The lowest BCUT2D eigenvalue weighted by Crippen LogP contribution is -2.24. The smallest absolute Gasteiger partial charge is 0.0664 e. The molecule has 0 aliphatic carbocycles. The molecular weight excluding hydrogens is 280 g/mol. The zero-order valence-corrected chi connectivity index (χ0v) is 12.8. The van der Waals surface area contributed by atoms with Gasteiger partial charge in [-0.25, -0.2) is 0 Å². The molecule has 0 saturated heterocycles. The highest BCUT2D eigenvalue weighted by Gasteiger charge is 2.08. The third-order valence-electron chi connectivity index (χ3n) is 2.50. The van der Waals surface area contributed by atoms with Crippen LogP contribution in [0, 0.1) is 5.92 Å².